The summed E-state index contributed by atoms with van der Waals surface area (Å²) in [6, 6.07) is 2.09. The van der Waals surface area contributed by atoms with E-state index in [1.807, 2.05) is 11.6 Å². The molecule has 3 heteroatoms. The van der Waals surface area contributed by atoms with Crippen molar-refractivity contribution in [2.45, 2.75) is 46.1 Å². The van der Waals surface area contributed by atoms with Crippen molar-refractivity contribution in [3.05, 3.63) is 17.5 Å². The second kappa shape index (κ2) is 4.17. The maximum absolute atomic E-state index is 11.6. The van der Waals surface area contributed by atoms with Crippen LogP contribution in [0, 0.1) is 12.8 Å². The van der Waals surface area contributed by atoms with Gasteiger partial charge in [-0.2, -0.15) is 5.10 Å². The van der Waals surface area contributed by atoms with Gasteiger partial charge < -0.3 is 0 Å². The molecule has 3 nitrogen and oxygen atoms in total. The fourth-order valence-electron chi connectivity index (χ4n) is 1.93. The van der Waals surface area contributed by atoms with Gasteiger partial charge in [0.25, 0.3) is 0 Å². The molecule has 0 N–H and O–H groups in total. The van der Waals surface area contributed by atoms with Crippen LogP contribution < -0.4 is 0 Å². The monoisotopic (exact) mass is 206 g/mol. The molecule has 0 atom stereocenters. The van der Waals surface area contributed by atoms with E-state index in [0.717, 1.165) is 31.5 Å². The van der Waals surface area contributed by atoms with Crippen LogP contribution in [0.4, 0.5) is 0 Å². The summed E-state index contributed by atoms with van der Waals surface area (Å²) in [7, 11) is 0. The summed E-state index contributed by atoms with van der Waals surface area (Å²) in [5.74, 6) is 0.834. The van der Waals surface area contributed by atoms with Gasteiger partial charge >= 0.3 is 0 Å². The van der Waals surface area contributed by atoms with Gasteiger partial charge in [0.05, 0.1) is 5.69 Å². The highest BCUT2D eigenvalue weighted by molar-refractivity contribution is 5.83. The summed E-state index contributed by atoms with van der Waals surface area (Å²) in [5.41, 5.74) is 2.25. The maximum Gasteiger partial charge on any atom is 0.136 e. The Hall–Kier alpha value is -1.12. The molecule has 0 spiro atoms. The molecule has 1 heterocycles. The van der Waals surface area contributed by atoms with E-state index in [-0.39, 0.29) is 0 Å². The van der Waals surface area contributed by atoms with Crippen molar-refractivity contribution in [3.8, 4) is 0 Å². The Morgan fingerprint density at radius 1 is 1.60 bits per heavy atom. The van der Waals surface area contributed by atoms with E-state index < -0.39 is 0 Å². The van der Waals surface area contributed by atoms with E-state index in [2.05, 4.69) is 18.1 Å². The van der Waals surface area contributed by atoms with Gasteiger partial charge in [0.2, 0.25) is 0 Å². The van der Waals surface area contributed by atoms with Crippen LogP contribution in [0.25, 0.3) is 0 Å². The Balaban J connectivity index is 1.94. The summed E-state index contributed by atoms with van der Waals surface area (Å²) in [6.07, 6.45) is 3.77. The molecule has 1 aliphatic carbocycles. The molecule has 1 aliphatic rings. The molecule has 0 aliphatic heterocycles. The summed E-state index contributed by atoms with van der Waals surface area (Å²) in [5, 5.41) is 4.37. The number of nitrogens with zero attached hydrogens (tertiary/aromatic N) is 2. The Kier molecular flexibility index (Phi) is 2.89. The first kappa shape index (κ1) is 10.4. The number of aromatic nitrogens is 2. The van der Waals surface area contributed by atoms with Gasteiger partial charge in [-0.15, -0.1) is 0 Å². The molecule has 82 valence electrons. The highest BCUT2D eigenvalue weighted by Crippen LogP contribution is 2.31. The first-order valence-electron chi connectivity index (χ1n) is 5.76. The Labute approximate surface area is 90.5 Å². The fourth-order valence-corrected chi connectivity index (χ4v) is 1.93. The number of carbonyl (C=O) groups excluding carboxylic acids is 1. The molecule has 0 aromatic carbocycles. The predicted molar refractivity (Wildman–Crippen MR) is 58.7 cm³/mol. The molecule has 0 amide bonds. The van der Waals surface area contributed by atoms with Crippen LogP contribution in [-0.2, 0) is 17.8 Å². The third-order valence-corrected chi connectivity index (χ3v) is 2.95. The van der Waals surface area contributed by atoms with Crippen LogP contribution in [0.5, 0.6) is 0 Å². The molecular formula is C12H18N2O. The number of aryl methyl sites for hydroxylation is 3. The van der Waals surface area contributed by atoms with Crippen molar-refractivity contribution in [1.82, 2.24) is 9.78 Å². The van der Waals surface area contributed by atoms with Crippen molar-refractivity contribution >= 4 is 5.78 Å². The highest BCUT2D eigenvalue weighted by Gasteiger charge is 2.28. The lowest BCUT2D eigenvalue weighted by molar-refractivity contribution is -0.120. The topological polar surface area (TPSA) is 34.9 Å². The predicted octanol–water partition coefficient (Wildman–Crippen LogP) is 2.12. The van der Waals surface area contributed by atoms with Crippen molar-refractivity contribution in [2.24, 2.45) is 5.92 Å². The molecule has 0 radical (unpaired) electrons. The molecule has 0 saturated heterocycles. The SMILES string of the molecule is CCn1nc(C)cc1CCC(=O)C1CC1. The maximum atomic E-state index is 11.6. The van der Waals surface area contributed by atoms with E-state index in [4.69, 9.17) is 0 Å². The van der Waals surface area contributed by atoms with Crippen molar-refractivity contribution in [3.63, 3.8) is 0 Å². The van der Waals surface area contributed by atoms with Crippen LogP contribution in [0.15, 0.2) is 6.07 Å². The molecule has 1 aromatic heterocycles. The first-order valence-corrected chi connectivity index (χ1v) is 5.76. The van der Waals surface area contributed by atoms with Crippen LogP contribution in [0.3, 0.4) is 0 Å². The minimum atomic E-state index is 0.393. The summed E-state index contributed by atoms with van der Waals surface area (Å²) in [6.45, 7) is 4.97. The normalized spacial score (nSPS) is 15.6. The van der Waals surface area contributed by atoms with Crippen LogP contribution >= 0.6 is 0 Å². The Morgan fingerprint density at radius 2 is 2.33 bits per heavy atom. The number of Topliss-reactive ketones (excluding diaryl/α,β-unsaturated/α-hetero) is 1. The van der Waals surface area contributed by atoms with Gasteiger partial charge in [-0.05, 0) is 39.2 Å². The van der Waals surface area contributed by atoms with Crippen molar-refractivity contribution in [1.29, 1.82) is 0 Å². The van der Waals surface area contributed by atoms with E-state index in [0.29, 0.717) is 18.1 Å². The van der Waals surface area contributed by atoms with Crippen molar-refractivity contribution in [2.75, 3.05) is 0 Å². The quantitative estimate of drug-likeness (QED) is 0.739. The van der Waals surface area contributed by atoms with Gasteiger partial charge in [-0.3, -0.25) is 9.48 Å². The minimum Gasteiger partial charge on any atom is -0.299 e. The number of hydrogen-bond donors (Lipinski definition) is 0. The molecule has 1 saturated carbocycles. The van der Waals surface area contributed by atoms with Crippen LogP contribution in [-0.4, -0.2) is 15.6 Å². The Morgan fingerprint density at radius 3 is 2.93 bits per heavy atom. The standard InChI is InChI=1S/C12H18N2O/c1-3-14-11(8-9(2)13-14)6-7-12(15)10-4-5-10/h8,10H,3-7H2,1-2H3. The van der Waals surface area contributed by atoms with E-state index in [1.165, 1.54) is 5.69 Å². The molecule has 0 unspecified atom stereocenters. The number of rotatable bonds is 5. The fraction of sp³-hybridized carbons (Fsp3) is 0.667. The van der Waals surface area contributed by atoms with Gasteiger partial charge in [0.15, 0.2) is 0 Å². The molecule has 1 fully saturated rings. The summed E-state index contributed by atoms with van der Waals surface area (Å²) >= 11 is 0. The molecule has 0 bridgehead atoms. The largest absolute Gasteiger partial charge is 0.299 e. The molecule has 1 aromatic rings. The second-order valence-electron chi connectivity index (χ2n) is 4.33. The van der Waals surface area contributed by atoms with E-state index in [1.54, 1.807) is 0 Å². The van der Waals surface area contributed by atoms with E-state index >= 15 is 0 Å². The van der Waals surface area contributed by atoms with Crippen LogP contribution in [0.2, 0.25) is 0 Å². The zero-order valence-electron chi connectivity index (χ0n) is 9.49. The molecule has 15 heavy (non-hydrogen) atoms. The summed E-state index contributed by atoms with van der Waals surface area (Å²) in [4.78, 5) is 11.6. The Bertz CT molecular complexity index is 364. The number of ketones is 1. The zero-order valence-corrected chi connectivity index (χ0v) is 9.49. The second-order valence-corrected chi connectivity index (χ2v) is 4.33. The summed E-state index contributed by atoms with van der Waals surface area (Å²) < 4.78 is 2.00. The third kappa shape index (κ3) is 2.46. The van der Waals surface area contributed by atoms with Gasteiger partial charge in [-0.1, -0.05) is 0 Å². The average molecular weight is 206 g/mol. The number of hydrogen-bond acceptors (Lipinski definition) is 2. The number of carbonyl (C=O) groups is 1. The van der Waals surface area contributed by atoms with Gasteiger partial charge in [0, 0.05) is 24.6 Å². The zero-order chi connectivity index (χ0) is 10.8. The van der Waals surface area contributed by atoms with Gasteiger partial charge in [0.1, 0.15) is 5.78 Å². The lowest BCUT2D eigenvalue weighted by Gasteiger charge is -2.03. The lowest BCUT2D eigenvalue weighted by Crippen LogP contribution is -2.07. The van der Waals surface area contributed by atoms with Gasteiger partial charge in [-0.25, -0.2) is 0 Å². The smallest absolute Gasteiger partial charge is 0.136 e. The van der Waals surface area contributed by atoms with Crippen molar-refractivity contribution < 1.29 is 4.79 Å². The van der Waals surface area contributed by atoms with Crippen LogP contribution in [0.1, 0.15) is 37.6 Å². The van der Waals surface area contributed by atoms with E-state index in [9.17, 15) is 4.79 Å². The first-order chi connectivity index (χ1) is 7.20. The molecular weight excluding hydrogens is 188 g/mol. The molecule has 2 rings (SSSR count). The third-order valence-electron chi connectivity index (χ3n) is 2.95. The minimum absolute atomic E-state index is 0.393. The lowest BCUT2D eigenvalue weighted by atomic mass is 10.1. The highest BCUT2D eigenvalue weighted by atomic mass is 16.1. The average Bonchev–Trinajstić information content (AvgIpc) is 2.99.